The Morgan fingerprint density at radius 1 is 1.24 bits per heavy atom. The quantitative estimate of drug-likeness (QED) is 0.773. The minimum absolute atomic E-state index is 0.255. The highest BCUT2D eigenvalue weighted by atomic mass is 32.2. The van der Waals surface area contributed by atoms with Gasteiger partial charge in [-0.25, -0.2) is 14.7 Å². The summed E-state index contributed by atoms with van der Waals surface area (Å²) in [4.78, 5) is 23.5. The van der Waals surface area contributed by atoms with Crippen LogP contribution in [0.3, 0.4) is 0 Å². The number of aromatic amines is 1. The summed E-state index contributed by atoms with van der Waals surface area (Å²) in [6.45, 7) is 0. The zero-order chi connectivity index (χ0) is 15.0. The molecule has 0 saturated carbocycles. The molecule has 0 unspecified atom stereocenters. The molecule has 106 valence electrons. The lowest BCUT2D eigenvalue weighted by atomic mass is 10.0. The molecule has 0 aliphatic carbocycles. The number of fused-ring (bicyclic) bond motifs is 1. The molecule has 2 aromatic carbocycles. The highest BCUT2D eigenvalue weighted by molar-refractivity contribution is 7.99. The number of nitrogens with zero attached hydrogens (tertiary/aromatic N) is 2. The average Bonchev–Trinajstić information content (AvgIpc) is 2.79. The van der Waals surface area contributed by atoms with E-state index in [4.69, 9.17) is 0 Å². The minimum atomic E-state index is -0.963. The van der Waals surface area contributed by atoms with Gasteiger partial charge in [-0.05, 0) is 34.7 Å². The molecule has 0 spiro atoms. The van der Waals surface area contributed by atoms with Gasteiger partial charge in [-0.3, -0.25) is 4.57 Å². The van der Waals surface area contributed by atoms with Crippen molar-refractivity contribution in [1.29, 1.82) is 0 Å². The summed E-state index contributed by atoms with van der Waals surface area (Å²) in [7, 11) is 1.63. The summed E-state index contributed by atoms with van der Waals surface area (Å²) >= 11 is 1.31. The van der Waals surface area contributed by atoms with Gasteiger partial charge in [-0.1, -0.05) is 24.3 Å². The number of aromatic nitrogens is 3. The molecule has 7 heteroatoms. The number of aromatic carboxylic acids is 1. The Labute approximate surface area is 123 Å². The van der Waals surface area contributed by atoms with Gasteiger partial charge in [0.2, 0.25) is 0 Å². The topological polar surface area (TPSA) is 88.0 Å². The molecule has 0 aliphatic rings. The van der Waals surface area contributed by atoms with E-state index >= 15 is 0 Å². The van der Waals surface area contributed by atoms with E-state index in [0.29, 0.717) is 10.5 Å². The zero-order valence-electron chi connectivity index (χ0n) is 11.0. The minimum Gasteiger partial charge on any atom is -0.478 e. The molecule has 0 atom stereocenters. The number of carboxylic acids is 1. The predicted molar refractivity (Wildman–Crippen MR) is 78.9 cm³/mol. The smallest absolute Gasteiger partial charge is 0.343 e. The van der Waals surface area contributed by atoms with Crippen molar-refractivity contribution in [1.82, 2.24) is 14.8 Å². The molecule has 0 fully saturated rings. The molecule has 6 nitrogen and oxygen atoms in total. The van der Waals surface area contributed by atoms with E-state index in [9.17, 15) is 14.7 Å². The van der Waals surface area contributed by atoms with E-state index in [1.165, 1.54) is 16.3 Å². The van der Waals surface area contributed by atoms with Crippen molar-refractivity contribution in [3.05, 3.63) is 52.4 Å². The molecule has 1 aromatic heterocycles. The second kappa shape index (κ2) is 5.10. The molecule has 0 radical (unpaired) electrons. The standard InChI is InChI=1S/C14H11N3O3S/c1-17-13(20)15-16-14(17)21-11-7-6-10(12(18)19)8-4-2-3-5-9(8)11/h2-7H,1H3,(H,15,20)(H,18,19). The Bertz CT molecular complexity index is 898. The Kier molecular flexibility index (Phi) is 3.26. The molecule has 0 saturated heterocycles. The Morgan fingerprint density at radius 3 is 2.57 bits per heavy atom. The van der Waals surface area contributed by atoms with Crippen molar-refractivity contribution in [2.45, 2.75) is 10.1 Å². The van der Waals surface area contributed by atoms with Gasteiger partial charge in [0, 0.05) is 11.9 Å². The summed E-state index contributed by atoms with van der Waals surface area (Å²) in [5, 5.41) is 17.6. The van der Waals surface area contributed by atoms with Crippen LogP contribution in [0.25, 0.3) is 10.8 Å². The van der Waals surface area contributed by atoms with Crippen LogP contribution in [0.15, 0.2) is 51.2 Å². The number of rotatable bonds is 3. The molecule has 2 N–H and O–H groups in total. The van der Waals surface area contributed by atoms with Gasteiger partial charge in [0.1, 0.15) is 0 Å². The lowest BCUT2D eigenvalue weighted by molar-refractivity contribution is 0.0699. The number of hydrogen-bond donors (Lipinski definition) is 2. The van der Waals surface area contributed by atoms with Crippen LogP contribution in [-0.2, 0) is 7.05 Å². The van der Waals surface area contributed by atoms with Crippen molar-refractivity contribution in [2.24, 2.45) is 7.05 Å². The highest BCUT2D eigenvalue weighted by Gasteiger charge is 2.13. The van der Waals surface area contributed by atoms with Gasteiger partial charge >= 0.3 is 11.7 Å². The van der Waals surface area contributed by atoms with Gasteiger partial charge in [0.05, 0.1) is 5.56 Å². The first-order chi connectivity index (χ1) is 10.1. The summed E-state index contributed by atoms with van der Waals surface area (Å²) in [6, 6.07) is 10.6. The largest absolute Gasteiger partial charge is 0.478 e. The summed E-state index contributed by atoms with van der Waals surface area (Å²) < 4.78 is 1.41. The molecule has 3 rings (SSSR count). The van der Waals surface area contributed by atoms with Crippen LogP contribution in [0.2, 0.25) is 0 Å². The van der Waals surface area contributed by atoms with E-state index in [1.54, 1.807) is 31.3 Å². The van der Waals surface area contributed by atoms with Crippen LogP contribution in [-0.4, -0.2) is 25.8 Å². The Balaban J connectivity index is 2.16. The lowest BCUT2D eigenvalue weighted by Crippen LogP contribution is -2.12. The molecular formula is C14H11N3O3S. The Morgan fingerprint density at radius 2 is 1.95 bits per heavy atom. The van der Waals surface area contributed by atoms with Crippen LogP contribution in [0.1, 0.15) is 10.4 Å². The molecule has 0 bridgehead atoms. The van der Waals surface area contributed by atoms with Crippen LogP contribution in [0.5, 0.6) is 0 Å². The first-order valence-corrected chi connectivity index (χ1v) is 6.94. The number of carbonyl (C=O) groups is 1. The van der Waals surface area contributed by atoms with Crippen LogP contribution >= 0.6 is 11.8 Å². The monoisotopic (exact) mass is 301 g/mol. The van der Waals surface area contributed by atoms with Crippen molar-refractivity contribution in [2.75, 3.05) is 0 Å². The highest BCUT2D eigenvalue weighted by Crippen LogP contribution is 2.33. The van der Waals surface area contributed by atoms with E-state index in [-0.39, 0.29) is 11.3 Å². The molecule has 0 amide bonds. The number of benzene rings is 2. The molecule has 1 heterocycles. The summed E-state index contributed by atoms with van der Waals surface area (Å²) in [5.74, 6) is -0.963. The van der Waals surface area contributed by atoms with E-state index < -0.39 is 5.97 Å². The van der Waals surface area contributed by atoms with E-state index in [1.807, 2.05) is 12.1 Å². The third-order valence-corrected chi connectivity index (χ3v) is 4.28. The number of H-pyrrole nitrogens is 1. The van der Waals surface area contributed by atoms with E-state index in [0.717, 1.165) is 10.3 Å². The second-order valence-corrected chi connectivity index (χ2v) is 5.44. The van der Waals surface area contributed by atoms with Crippen LogP contribution in [0, 0.1) is 0 Å². The summed E-state index contributed by atoms with van der Waals surface area (Å²) in [6.07, 6.45) is 0. The van der Waals surface area contributed by atoms with E-state index in [2.05, 4.69) is 10.2 Å². The maximum atomic E-state index is 11.4. The van der Waals surface area contributed by atoms with Crippen molar-refractivity contribution < 1.29 is 9.90 Å². The SMILES string of the molecule is Cn1c(Sc2ccc(C(=O)O)c3ccccc23)n[nH]c1=O. The zero-order valence-corrected chi connectivity index (χ0v) is 11.8. The molecule has 21 heavy (non-hydrogen) atoms. The van der Waals surface area contributed by atoms with Crippen molar-refractivity contribution in [3.8, 4) is 0 Å². The van der Waals surface area contributed by atoms with Gasteiger partial charge in [0.25, 0.3) is 0 Å². The van der Waals surface area contributed by atoms with Crippen LogP contribution in [0.4, 0.5) is 0 Å². The number of carboxylic acid groups (broad SMARTS) is 1. The number of nitrogens with one attached hydrogen (secondary N) is 1. The summed E-state index contributed by atoms with van der Waals surface area (Å²) in [5.41, 5.74) is -0.0326. The fourth-order valence-corrected chi connectivity index (χ4v) is 3.00. The lowest BCUT2D eigenvalue weighted by Gasteiger charge is -2.08. The van der Waals surface area contributed by atoms with Gasteiger partial charge in [-0.2, -0.15) is 0 Å². The van der Waals surface area contributed by atoms with Crippen molar-refractivity contribution >= 4 is 28.5 Å². The average molecular weight is 301 g/mol. The second-order valence-electron chi connectivity index (χ2n) is 4.43. The fourth-order valence-electron chi connectivity index (χ4n) is 2.07. The van der Waals surface area contributed by atoms with Gasteiger partial charge < -0.3 is 5.11 Å². The van der Waals surface area contributed by atoms with Gasteiger partial charge in [-0.15, -0.1) is 5.10 Å². The first-order valence-electron chi connectivity index (χ1n) is 6.12. The first kappa shape index (κ1) is 13.4. The molecule has 3 aromatic rings. The maximum absolute atomic E-state index is 11.4. The maximum Gasteiger partial charge on any atom is 0.343 e. The number of hydrogen-bond acceptors (Lipinski definition) is 4. The van der Waals surface area contributed by atoms with Crippen molar-refractivity contribution in [3.63, 3.8) is 0 Å². The fraction of sp³-hybridized carbons (Fsp3) is 0.0714. The molecule has 0 aliphatic heterocycles. The van der Waals surface area contributed by atoms with Crippen LogP contribution < -0.4 is 5.69 Å². The third-order valence-electron chi connectivity index (χ3n) is 3.15. The normalized spacial score (nSPS) is 10.9. The Hall–Kier alpha value is -2.54. The van der Waals surface area contributed by atoms with Gasteiger partial charge in [0.15, 0.2) is 5.16 Å². The third kappa shape index (κ3) is 2.31. The molecular weight excluding hydrogens is 290 g/mol. The predicted octanol–water partition coefficient (Wildman–Crippen LogP) is 2.11.